The first-order valence-corrected chi connectivity index (χ1v) is 13.5. The summed E-state index contributed by atoms with van der Waals surface area (Å²) in [7, 11) is -0.935. The Morgan fingerprint density at radius 2 is 1.71 bits per heavy atom. The zero-order chi connectivity index (χ0) is 24.1. The summed E-state index contributed by atoms with van der Waals surface area (Å²) in [5, 5.41) is 3.12. The van der Waals surface area contributed by atoms with Gasteiger partial charge in [-0.05, 0) is 55.4 Å². The molecule has 2 aromatic carbocycles. The third-order valence-electron chi connectivity index (χ3n) is 6.95. The monoisotopic (exact) mass is 486 g/mol. The number of benzene rings is 2. The van der Waals surface area contributed by atoms with E-state index < -0.39 is 10.0 Å². The highest BCUT2D eigenvalue weighted by molar-refractivity contribution is 7.89. The van der Waals surface area contributed by atoms with Gasteiger partial charge >= 0.3 is 0 Å². The maximum Gasteiger partial charge on any atom is 0.243 e. The highest BCUT2D eigenvalue weighted by Gasteiger charge is 2.35. The first-order chi connectivity index (χ1) is 16.4. The van der Waals surface area contributed by atoms with E-state index in [2.05, 4.69) is 17.4 Å². The fourth-order valence-corrected chi connectivity index (χ4v) is 6.83. The molecule has 2 aliphatic carbocycles. The van der Waals surface area contributed by atoms with Crippen LogP contribution in [0.2, 0.25) is 0 Å². The van der Waals surface area contributed by atoms with Crippen LogP contribution in [0.4, 0.5) is 0 Å². The molecule has 1 atom stereocenters. The molecule has 4 rings (SSSR count). The Kier molecular flexibility index (Phi) is 7.78. The topological polar surface area (TPSA) is 84.9 Å². The molecule has 0 saturated heterocycles. The quantitative estimate of drug-likeness (QED) is 0.604. The van der Waals surface area contributed by atoms with Crippen molar-refractivity contribution in [3.63, 3.8) is 0 Å². The molecular formula is C26H34N2O5S. The van der Waals surface area contributed by atoms with Crippen LogP contribution < -0.4 is 14.8 Å². The van der Waals surface area contributed by atoms with Gasteiger partial charge in [-0.3, -0.25) is 4.79 Å². The number of ether oxygens (including phenoxy) is 2. The maximum atomic E-state index is 13.8. The number of nitrogens with zero attached hydrogens (tertiary/aromatic N) is 1. The highest BCUT2D eigenvalue weighted by Crippen LogP contribution is 2.34. The molecule has 8 heteroatoms. The van der Waals surface area contributed by atoms with Gasteiger partial charge in [0.1, 0.15) is 0 Å². The van der Waals surface area contributed by atoms with Crippen molar-refractivity contribution in [2.45, 2.75) is 68.3 Å². The third-order valence-corrected chi connectivity index (χ3v) is 8.84. The largest absolute Gasteiger partial charge is 0.493 e. The molecule has 1 N–H and O–H groups in total. The van der Waals surface area contributed by atoms with E-state index in [0.717, 1.165) is 56.9 Å². The molecule has 0 aliphatic heterocycles. The van der Waals surface area contributed by atoms with Crippen LogP contribution in [0.3, 0.4) is 0 Å². The second-order valence-corrected chi connectivity index (χ2v) is 11.0. The molecule has 1 unspecified atom stereocenters. The van der Waals surface area contributed by atoms with Crippen LogP contribution in [0.15, 0.2) is 47.4 Å². The lowest BCUT2D eigenvalue weighted by atomic mass is 9.88. The first-order valence-electron chi connectivity index (χ1n) is 12.0. The number of hydrogen-bond donors (Lipinski definition) is 1. The predicted octanol–water partition coefficient (Wildman–Crippen LogP) is 4.22. The molecule has 1 fully saturated rings. The average molecular weight is 487 g/mol. The van der Waals surface area contributed by atoms with Gasteiger partial charge in [-0.1, -0.05) is 43.5 Å². The summed E-state index contributed by atoms with van der Waals surface area (Å²) in [5.74, 6) is 0.533. The Balaban J connectivity index is 1.59. The predicted molar refractivity (Wildman–Crippen MR) is 131 cm³/mol. The molecular weight excluding hydrogens is 452 g/mol. The van der Waals surface area contributed by atoms with Crippen LogP contribution in [0, 0.1) is 0 Å². The molecule has 0 heterocycles. The van der Waals surface area contributed by atoms with Gasteiger partial charge in [0.2, 0.25) is 15.9 Å². The molecule has 7 nitrogen and oxygen atoms in total. The minimum atomic E-state index is -3.92. The van der Waals surface area contributed by atoms with E-state index in [0.29, 0.717) is 11.5 Å². The summed E-state index contributed by atoms with van der Waals surface area (Å²) in [6.07, 6.45) is 7.38. The summed E-state index contributed by atoms with van der Waals surface area (Å²) in [6.45, 7) is -0.194. The normalized spacial score (nSPS) is 18.9. The SMILES string of the molecule is COc1ccc(S(=O)(=O)N(CC(=O)NC2CCCc3ccccc32)C2CCCCC2)cc1OC. The van der Waals surface area contributed by atoms with Crippen LogP contribution >= 0.6 is 0 Å². The zero-order valence-electron chi connectivity index (χ0n) is 20.0. The fraction of sp³-hybridized carbons (Fsp3) is 0.500. The number of fused-ring (bicyclic) bond motifs is 1. The van der Waals surface area contributed by atoms with Gasteiger partial charge < -0.3 is 14.8 Å². The number of amides is 1. The number of methoxy groups -OCH3 is 2. The smallest absolute Gasteiger partial charge is 0.243 e. The molecule has 0 radical (unpaired) electrons. The van der Waals surface area contributed by atoms with Crippen molar-refractivity contribution in [2.75, 3.05) is 20.8 Å². The van der Waals surface area contributed by atoms with Gasteiger partial charge in [0, 0.05) is 12.1 Å². The second kappa shape index (κ2) is 10.8. The van der Waals surface area contributed by atoms with E-state index in [9.17, 15) is 13.2 Å². The van der Waals surface area contributed by atoms with Gasteiger partial charge in [-0.25, -0.2) is 8.42 Å². The van der Waals surface area contributed by atoms with Gasteiger partial charge in [0.25, 0.3) is 0 Å². The summed E-state index contributed by atoms with van der Waals surface area (Å²) < 4.78 is 39.5. The summed E-state index contributed by atoms with van der Waals surface area (Å²) in [5.41, 5.74) is 2.38. The molecule has 34 heavy (non-hydrogen) atoms. The van der Waals surface area contributed by atoms with Crippen molar-refractivity contribution in [3.05, 3.63) is 53.6 Å². The van der Waals surface area contributed by atoms with E-state index in [1.54, 1.807) is 6.07 Å². The van der Waals surface area contributed by atoms with Crippen molar-refractivity contribution in [1.82, 2.24) is 9.62 Å². The second-order valence-electron chi connectivity index (χ2n) is 9.07. The van der Waals surface area contributed by atoms with Crippen molar-refractivity contribution in [2.24, 2.45) is 0 Å². The molecule has 1 saturated carbocycles. The first kappa shape index (κ1) is 24.5. The number of rotatable bonds is 8. The van der Waals surface area contributed by atoms with Crippen LogP contribution in [-0.4, -0.2) is 45.4 Å². The Morgan fingerprint density at radius 3 is 2.44 bits per heavy atom. The molecule has 0 spiro atoms. The van der Waals surface area contributed by atoms with Gasteiger partial charge in [0.15, 0.2) is 11.5 Å². The Bertz CT molecular complexity index is 1110. The molecule has 2 aromatic rings. The van der Waals surface area contributed by atoms with Gasteiger partial charge in [0.05, 0.1) is 31.7 Å². The lowest BCUT2D eigenvalue weighted by molar-refractivity contribution is -0.122. The number of aryl methyl sites for hydroxylation is 1. The Morgan fingerprint density at radius 1 is 0.971 bits per heavy atom. The molecule has 0 bridgehead atoms. The van der Waals surface area contributed by atoms with Crippen LogP contribution in [-0.2, 0) is 21.2 Å². The molecule has 0 aromatic heterocycles. The number of nitrogens with one attached hydrogen (secondary N) is 1. The van der Waals surface area contributed by atoms with E-state index >= 15 is 0 Å². The Hall–Kier alpha value is -2.58. The van der Waals surface area contributed by atoms with E-state index in [1.807, 2.05) is 12.1 Å². The van der Waals surface area contributed by atoms with Gasteiger partial charge in [-0.2, -0.15) is 4.31 Å². The molecule has 184 valence electrons. The van der Waals surface area contributed by atoms with Crippen LogP contribution in [0.5, 0.6) is 11.5 Å². The third kappa shape index (κ3) is 5.23. The highest BCUT2D eigenvalue weighted by atomic mass is 32.2. The van der Waals surface area contributed by atoms with E-state index in [-0.39, 0.29) is 29.4 Å². The zero-order valence-corrected chi connectivity index (χ0v) is 20.8. The van der Waals surface area contributed by atoms with E-state index in [4.69, 9.17) is 9.47 Å². The number of sulfonamides is 1. The molecule has 1 amide bonds. The number of hydrogen-bond acceptors (Lipinski definition) is 5. The molecule has 2 aliphatic rings. The number of carbonyl (C=O) groups is 1. The van der Waals surface area contributed by atoms with Crippen molar-refractivity contribution in [3.8, 4) is 11.5 Å². The summed E-state index contributed by atoms with van der Waals surface area (Å²) >= 11 is 0. The summed E-state index contributed by atoms with van der Waals surface area (Å²) in [6, 6.07) is 12.4. The standard InChI is InChI=1S/C26H34N2O5S/c1-32-24-16-15-21(17-25(24)33-2)34(30,31)28(20-11-4-3-5-12-20)18-26(29)27-23-14-8-10-19-9-6-7-13-22(19)23/h6-7,9,13,15-17,20,23H,3-5,8,10-12,14,18H2,1-2H3,(H,27,29). The van der Waals surface area contributed by atoms with Crippen molar-refractivity contribution in [1.29, 1.82) is 0 Å². The lowest BCUT2D eigenvalue weighted by Crippen LogP contribution is -2.47. The van der Waals surface area contributed by atoms with Crippen LogP contribution in [0.25, 0.3) is 0 Å². The van der Waals surface area contributed by atoms with Crippen LogP contribution in [0.1, 0.15) is 62.1 Å². The fourth-order valence-electron chi connectivity index (χ4n) is 5.18. The average Bonchev–Trinajstić information content (AvgIpc) is 2.87. The van der Waals surface area contributed by atoms with E-state index in [1.165, 1.54) is 36.2 Å². The maximum absolute atomic E-state index is 13.8. The van der Waals surface area contributed by atoms with Gasteiger partial charge in [-0.15, -0.1) is 0 Å². The minimum absolute atomic E-state index is 0.0885. The number of carbonyl (C=O) groups excluding carboxylic acids is 1. The lowest BCUT2D eigenvalue weighted by Gasteiger charge is -2.34. The summed E-state index contributed by atoms with van der Waals surface area (Å²) in [4.78, 5) is 13.3. The van der Waals surface area contributed by atoms with Crippen molar-refractivity contribution < 1.29 is 22.7 Å². The van der Waals surface area contributed by atoms with Crippen molar-refractivity contribution >= 4 is 15.9 Å². The Labute approximate surface area is 202 Å². The minimum Gasteiger partial charge on any atom is -0.493 e.